The van der Waals surface area contributed by atoms with Crippen molar-refractivity contribution in [2.45, 2.75) is 20.3 Å². The molecule has 0 aliphatic carbocycles. The Kier molecular flexibility index (Phi) is 3.76. The minimum absolute atomic E-state index is 0.137. The topological polar surface area (TPSA) is 65.2 Å². The van der Waals surface area contributed by atoms with Crippen molar-refractivity contribution in [3.63, 3.8) is 0 Å². The number of nitrogens with two attached hydrogens (primary N) is 1. The number of pyridine rings is 1. The lowest BCUT2D eigenvalue weighted by Crippen LogP contribution is -2.13. The van der Waals surface area contributed by atoms with Crippen molar-refractivity contribution in [1.29, 1.82) is 0 Å². The van der Waals surface area contributed by atoms with E-state index < -0.39 is 18.0 Å². The van der Waals surface area contributed by atoms with Gasteiger partial charge < -0.3 is 10.5 Å². The molecule has 0 fully saturated rings. The van der Waals surface area contributed by atoms with Gasteiger partial charge in [-0.15, -0.1) is 0 Å². The Hall–Kier alpha value is -1.72. The molecule has 4 nitrogen and oxygen atoms in total. The van der Waals surface area contributed by atoms with Gasteiger partial charge in [0.15, 0.2) is 5.69 Å². The van der Waals surface area contributed by atoms with Crippen LogP contribution in [0.5, 0.6) is 0 Å². The molecule has 2 N–H and O–H groups in total. The average molecular weight is 230 g/mol. The van der Waals surface area contributed by atoms with Gasteiger partial charge in [-0.25, -0.2) is 18.6 Å². The normalized spacial score (nSPS) is 10.6. The van der Waals surface area contributed by atoms with Gasteiger partial charge in [-0.1, -0.05) is 0 Å². The molecule has 0 unspecified atom stereocenters. The van der Waals surface area contributed by atoms with Crippen LogP contribution in [-0.2, 0) is 4.74 Å². The number of carbonyl (C=O) groups is 1. The molecule has 0 amide bonds. The number of ether oxygens (including phenoxy) is 1. The van der Waals surface area contributed by atoms with Gasteiger partial charge in [0, 0.05) is 11.3 Å². The lowest BCUT2D eigenvalue weighted by atomic mass is 10.1. The first-order chi connectivity index (χ1) is 7.47. The van der Waals surface area contributed by atoms with Crippen LogP contribution >= 0.6 is 0 Å². The highest BCUT2D eigenvalue weighted by Gasteiger charge is 2.21. The molecular weight excluding hydrogens is 218 g/mol. The summed E-state index contributed by atoms with van der Waals surface area (Å²) in [6.07, 6.45) is -2.74. The number of hydrogen-bond acceptors (Lipinski definition) is 4. The molecule has 0 atom stereocenters. The molecule has 1 rings (SSSR count). The third kappa shape index (κ3) is 2.44. The van der Waals surface area contributed by atoms with Crippen molar-refractivity contribution < 1.29 is 18.3 Å². The molecule has 0 saturated heterocycles. The monoisotopic (exact) mass is 230 g/mol. The first-order valence-electron chi connectivity index (χ1n) is 4.69. The second-order valence-electron chi connectivity index (χ2n) is 3.14. The number of nitrogen functional groups attached to an aromatic ring is 1. The Morgan fingerprint density at radius 3 is 2.75 bits per heavy atom. The van der Waals surface area contributed by atoms with Gasteiger partial charge >= 0.3 is 5.97 Å². The fourth-order valence-corrected chi connectivity index (χ4v) is 1.24. The molecule has 16 heavy (non-hydrogen) atoms. The van der Waals surface area contributed by atoms with Crippen LogP contribution in [0.15, 0.2) is 6.07 Å². The maximum absolute atomic E-state index is 12.6. The molecule has 88 valence electrons. The van der Waals surface area contributed by atoms with Crippen molar-refractivity contribution in [1.82, 2.24) is 4.98 Å². The Morgan fingerprint density at radius 2 is 2.25 bits per heavy atom. The average Bonchev–Trinajstić information content (AvgIpc) is 2.20. The lowest BCUT2D eigenvalue weighted by Gasteiger charge is -2.10. The van der Waals surface area contributed by atoms with Crippen molar-refractivity contribution >= 4 is 11.7 Å². The molecule has 1 heterocycles. The third-order valence-electron chi connectivity index (χ3n) is 1.92. The van der Waals surface area contributed by atoms with Crippen LogP contribution < -0.4 is 5.73 Å². The van der Waals surface area contributed by atoms with Crippen LogP contribution in [0, 0.1) is 6.92 Å². The summed E-state index contributed by atoms with van der Waals surface area (Å²) in [5, 5.41) is 0. The molecule has 0 aliphatic heterocycles. The zero-order valence-corrected chi connectivity index (χ0v) is 8.96. The van der Waals surface area contributed by atoms with Gasteiger partial charge in [-0.2, -0.15) is 0 Å². The quantitative estimate of drug-likeness (QED) is 0.807. The highest BCUT2D eigenvalue weighted by atomic mass is 19.3. The first-order valence-corrected chi connectivity index (χ1v) is 4.69. The molecule has 0 bridgehead atoms. The standard InChI is InChI=1S/C10H12F2N2O2/c1-3-16-10(15)8-7(13)6(9(11)12)4-5(2)14-8/h4,9H,3,13H2,1-2H3. The molecule has 0 aromatic carbocycles. The number of nitrogens with zero attached hydrogens (tertiary/aromatic N) is 1. The third-order valence-corrected chi connectivity index (χ3v) is 1.92. The largest absolute Gasteiger partial charge is 0.461 e. The van der Waals surface area contributed by atoms with E-state index in [1.54, 1.807) is 6.92 Å². The molecule has 0 radical (unpaired) electrons. The lowest BCUT2D eigenvalue weighted by molar-refractivity contribution is 0.0520. The predicted octanol–water partition coefficient (Wildman–Crippen LogP) is 2.09. The van der Waals surface area contributed by atoms with Crippen LogP contribution in [0.25, 0.3) is 0 Å². The predicted molar refractivity (Wildman–Crippen MR) is 54.3 cm³/mol. The number of hydrogen-bond donors (Lipinski definition) is 1. The molecule has 6 heteroatoms. The number of rotatable bonds is 3. The summed E-state index contributed by atoms with van der Waals surface area (Å²) in [4.78, 5) is 15.2. The second-order valence-corrected chi connectivity index (χ2v) is 3.14. The van der Waals surface area contributed by atoms with E-state index in [1.165, 1.54) is 6.92 Å². The van der Waals surface area contributed by atoms with Crippen LogP contribution in [0.4, 0.5) is 14.5 Å². The molecular formula is C10H12F2N2O2. The number of aromatic nitrogens is 1. The van der Waals surface area contributed by atoms with Crippen LogP contribution in [0.3, 0.4) is 0 Å². The number of aryl methyl sites for hydroxylation is 1. The van der Waals surface area contributed by atoms with E-state index in [0.717, 1.165) is 6.07 Å². The zero-order valence-electron chi connectivity index (χ0n) is 8.96. The zero-order chi connectivity index (χ0) is 12.3. The van der Waals surface area contributed by atoms with Crippen molar-refractivity contribution in [3.05, 3.63) is 23.0 Å². The number of anilines is 1. The molecule has 1 aromatic heterocycles. The minimum atomic E-state index is -2.74. The summed E-state index contributed by atoms with van der Waals surface area (Å²) >= 11 is 0. The van der Waals surface area contributed by atoms with E-state index in [1.807, 2.05) is 0 Å². The van der Waals surface area contributed by atoms with E-state index in [4.69, 9.17) is 5.73 Å². The van der Waals surface area contributed by atoms with Crippen LogP contribution in [-0.4, -0.2) is 17.6 Å². The Bertz CT molecular complexity index is 408. The maximum atomic E-state index is 12.6. The minimum Gasteiger partial charge on any atom is -0.461 e. The van der Waals surface area contributed by atoms with Gasteiger partial charge in [0.2, 0.25) is 0 Å². The summed E-state index contributed by atoms with van der Waals surface area (Å²) in [5.74, 6) is -0.786. The Balaban J connectivity index is 3.24. The van der Waals surface area contributed by atoms with Crippen molar-refractivity contribution in [2.24, 2.45) is 0 Å². The fourth-order valence-electron chi connectivity index (χ4n) is 1.24. The van der Waals surface area contributed by atoms with Crippen LogP contribution in [0.1, 0.15) is 35.1 Å². The van der Waals surface area contributed by atoms with Crippen molar-refractivity contribution in [3.8, 4) is 0 Å². The highest BCUT2D eigenvalue weighted by Crippen LogP contribution is 2.27. The summed E-state index contributed by atoms with van der Waals surface area (Å²) < 4.78 is 29.8. The summed E-state index contributed by atoms with van der Waals surface area (Å²) in [6, 6.07) is 1.16. The Morgan fingerprint density at radius 1 is 1.62 bits per heavy atom. The molecule has 1 aromatic rings. The van der Waals surface area contributed by atoms with E-state index >= 15 is 0 Å². The molecule has 0 saturated carbocycles. The van der Waals surface area contributed by atoms with Gasteiger partial charge in [-0.05, 0) is 19.9 Å². The number of halogens is 2. The smallest absolute Gasteiger partial charge is 0.359 e. The van der Waals surface area contributed by atoms with Gasteiger partial charge in [0.25, 0.3) is 6.43 Å². The summed E-state index contributed by atoms with van der Waals surface area (Å²) in [7, 11) is 0. The van der Waals surface area contributed by atoms with E-state index in [9.17, 15) is 13.6 Å². The van der Waals surface area contributed by atoms with E-state index in [2.05, 4.69) is 9.72 Å². The van der Waals surface area contributed by atoms with Gasteiger partial charge in [0.1, 0.15) is 0 Å². The van der Waals surface area contributed by atoms with Crippen molar-refractivity contribution in [2.75, 3.05) is 12.3 Å². The first kappa shape index (κ1) is 12.4. The number of alkyl halides is 2. The maximum Gasteiger partial charge on any atom is 0.359 e. The van der Waals surface area contributed by atoms with Gasteiger partial charge in [0.05, 0.1) is 12.3 Å². The second kappa shape index (κ2) is 4.87. The van der Waals surface area contributed by atoms with E-state index in [0.29, 0.717) is 5.69 Å². The molecule has 0 aliphatic rings. The van der Waals surface area contributed by atoms with Crippen LogP contribution in [0.2, 0.25) is 0 Å². The Labute approximate surface area is 91.4 Å². The summed E-state index contributed by atoms with van der Waals surface area (Å²) in [6.45, 7) is 3.25. The number of esters is 1. The molecule has 0 spiro atoms. The SMILES string of the molecule is CCOC(=O)c1nc(C)cc(C(F)F)c1N. The van der Waals surface area contributed by atoms with E-state index in [-0.39, 0.29) is 18.0 Å². The number of carbonyl (C=O) groups excluding carboxylic acids is 1. The highest BCUT2D eigenvalue weighted by molar-refractivity contribution is 5.93. The fraction of sp³-hybridized carbons (Fsp3) is 0.400. The summed E-state index contributed by atoms with van der Waals surface area (Å²) in [5.41, 5.74) is 4.77. The van der Waals surface area contributed by atoms with Gasteiger partial charge in [-0.3, -0.25) is 0 Å².